The van der Waals surface area contributed by atoms with E-state index in [0.717, 1.165) is 36.2 Å². The summed E-state index contributed by atoms with van der Waals surface area (Å²) < 4.78 is 16.2. The lowest BCUT2D eigenvalue weighted by molar-refractivity contribution is 0.102. The van der Waals surface area contributed by atoms with Gasteiger partial charge in [-0.1, -0.05) is 0 Å². The van der Waals surface area contributed by atoms with E-state index in [2.05, 4.69) is 15.2 Å². The van der Waals surface area contributed by atoms with Crippen molar-refractivity contribution in [2.24, 2.45) is 14.1 Å². The molecule has 0 radical (unpaired) electrons. The molecule has 3 aromatic rings. The van der Waals surface area contributed by atoms with Crippen LogP contribution < -0.4 is 21.5 Å². The Balaban J connectivity index is 1.68. The largest absolute Gasteiger partial charge is 0.371 e. The van der Waals surface area contributed by atoms with E-state index in [-0.39, 0.29) is 16.7 Å². The molecule has 29 heavy (non-hydrogen) atoms. The minimum atomic E-state index is -0.557. The van der Waals surface area contributed by atoms with Crippen molar-refractivity contribution in [3.8, 4) is 0 Å². The van der Waals surface area contributed by atoms with Gasteiger partial charge in [-0.3, -0.25) is 18.7 Å². The number of nitrogens with zero attached hydrogens (tertiary/aromatic N) is 4. The SMILES string of the molecule is Cn1c(=O)c2ccc(C(=O)Nc3cc(F)cc(N4CCCC4)c3)nc2n(C)c1=O. The molecule has 9 heteroatoms. The highest BCUT2D eigenvalue weighted by molar-refractivity contribution is 6.04. The van der Waals surface area contributed by atoms with Gasteiger partial charge in [0.15, 0.2) is 0 Å². The molecule has 1 fully saturated rings. The molecule has 1 aromatic carbocycles. The smallest absolute Gasteiger partial charge is 0.332 e. The molecule has 0 saturated carbocycles. The second-order valence-corrected chi connectivity index (χ2v) is 7.12. The number of rotatable bonds is 3. The number of anilines is 2. The number of benzene rings is 1. The molecule has 2 aromatic heterocycles. The average molecular weight is 397 g/mol. The molecule has 150 valence electrons. The molecule has 3 heterocycles. The van der Waals surface area contributed by atoms with Gasteiger partial charge in [0.25, 0.3) is 11.5 Å². The summed E-state index contributed by atoms with van der Waals surface area (Å²) in [6, 6.07) is 7.27. The topological polar surface area (TPSA) is 89.2 Å². The van der Waals surface area contributed by atoms with Crippen molar-refractivity contribution < 1.29 is 9.18 Å². The fourth-order valence-corrected chi connectivity index (χ4v) is 3.58. The minimum absolute atomic E-state index is 0.0211. The maximum atomic E-state index is 14.1. The zero-order valence-electron chi connectivity index (χ0n) is 16.1. The van der Waals surface area contributed by atoms with Crippen LogP contribution in [-0.4, -0.2) is 33.1 Å². The molecule has 0 atom stereocenters. The quantitative estimate of drug-likeness (QED) is 0.726. The van der Waals surface area contributed by atoms with Crippen molar-refractivity contribution in [2.45, 2.75) is 12.8 Å². The van der Waals surface area contributed by atoms with Gasteiger partial charge in [-0.2, -0.15) is 0 Å². The van der Waals surface area contributed by atoms with Crippen LogP contribution in [0.4, 0.5) is 15.8 Å². The Hall–Kier alpha value is -3.49. The van der Waals surface area contributed by atoms with E-state index < -0.39 is 23.0 Å². The number of carbonyl (C=O) groups is 1. The van der Waals surface area contributed by atoms with Crippen LogP contribution >= 0.6 is 0 Å². The van der Waals surface area contributed by atoms with E-state index in [9.17, 15) is 18.8 Å². The second kappa shape index (κ2) is 7.16. The second-order valence-electron chi connectivity index (χ2n) is 7.12. The Morgan fingerprint density at radius 1 is 1.07 bits per heavy atom. The van der Waals surface area contributed by atoms with E-state index in [1.807, 2.05) is 0 Å². The number of aromatic nitrogens is 3. The van der Waals surface area contributed by atoms with Gasteiger partial charge in [-0.25, -0.2) is 14.2 Å². The summed E-state index contributed by atoms with van der Waals surface area (Å²) in [5.41, 5.74) is 0.151. The van der Waals surface area contributed by atoms with Crippen LogP contribution in [0, 0.1) is 5.82 Å². The van der Waals surface area contributed by atoms with E-state index in [1.54, 1.807) is 6.07 Å². The number of hydrogen-bond donors (Lipinski definition) is 1. The van der Waals surface area contributed by atoms with Crippen LogP contribution in [0.25, 0.3) is 11.0 Å². The normalized spacial score (nSPS) is 13.8. The Morgan fingerprint density at radius 3 is 2.52 bits per heavy atom. The fourth-order valence-electron chi connectivity index (χ4n) is 3.58. The molecule has 0 bridgehead atoms. The number of aryl methyl sites for hydroxylation is 1. The van der Waals surface area contributed by atoms with Gasteiger partial charge < -0.3 is 10.2 Å². The zero-order valence-corrected chi connectivity index (χ0v) is 16.1. The Morgan fingerprint density at radius 2 is 1.79 bits per heavy atom. The number of fused-ring (bicyclic) bond motifs is 1. The van der Waals surface area contributed by atoms with Crippen LogP contribution in [0.2, 0.25) is 0 Å². The van der Waals surface area contributed by atoms with Gasteiger partial charge in [-0.05, 0) is 43.2 Å². The first-order valence-corrected chi connectivity index (χ1v) is 9.29. The van der Waals surface area contributed by atoms with Crippen molar-refractivity contribution in [1.29, 1.82) is 0 Å². The van der Waals surface area contributed by atoms with Crippen molar-refractivity contribution in [3.63, 3.8) is 0 Å². The number of halogens is 1. The molecule has 0 aliphatic carbocycles. The molecule has 1 amide bonds. The maximum Gasteiger partial charge on any atom is 0.332 e. The number of carbonyl (C=O) groups excluding carboxylic acids is 1. The Kier molecular flexibility index (Phi) is 4.65. The van der Waals surface area contributed by atoms with Crippen molar-refractivity contribution >= 4 is 28.3 Å². The van der Waals surface area contributed by atoms with Crippen LogP contribution in [-0.2, 0) is 14.1 Å². The summed E-state index contributed by atoms with van der Waals surface area (Å²) in [6.07, 6.45) is 2.11. The van der Waals surface area contributed by atoms with Crippen LogP contribution in [0.3, 0.4) is 0 Å². The van der Waals surface area contributed by atoms with E-state index >= 15 is 0 Å². The number of hydrogen-bond acceptors (Lipinski definition) is 5. The van der Waals surface area contributed by atoms with Crippen molar-refractivity contribution in [2.75, 3.05) is 23.3 Å². The summed E-state index contributed by atoms with van der Waals surface area (Å²) in [6.45, 7) is 1.71. The first kappa shape index (κ1) is 18.9. The third-order valence-electron chi connectivity index (χ3n) is 5.15. The van der Waals surface area contributed by atoms with Gasteiger partial charge in [0.2, 0.25) is 0 Å². The summed E-state index contributed by atoms with van der Waals surface area (Å²) in [5.74, 6) is -1.000. The lowest BCUT2D eigenvalue weighted by atomic mass is 10.2. The summed E-state index contributed by atoms with van der Waals surface area (Å²) in [4.78, 5) is 43.3. The minimum Gasteiger partial charge on any atom is -0.371 e. The summed E-state index contributed by atoms with van der Waals surface area (Å²) in [7, 11) is 2.86. The van der Waals surface area contributed by atoms with Gasteiger partial charge in [-0.15, -0.1) is 0 Å². The monoisotopic (exact) mass is 397 g/mol. The Bertz CT molecular complexity index is 1240. The maximum absolute atomic E-state index is 14.1. The van der Waals surface area contributed by atoms with Crippen LogP contribution in [0.5, 0.6) is 0 Å². The zero-order chi connectivity index (χ0) is 20.7. The van der Waals surface area contributed by atoms with Gasteiger partial charge in [0.1, 0.15) is 17.2 Å². The number of nitrogens with one attached hydrogen (secondary N) is 1. The van der Waals surface area contributed by atoms with Crippen molar-refractivity contribution in [1.82, 2.24) is 14.1 Å². The van der Waals surface area contributed by atoms with E-state index in [1.165, 1.54) is 42.9 Å². The summed E-state index contributed by atoms with van der Waals surface area (Å²) in [5, 5.41) is 2.88. The first-order valence-electron chi connectivity index (χ1n) is 9.29. The molecule has 8 nitrogen and oxygen atoms in total. The van der Waals surface area contributed by atoms with Gasteiger partial charge in [0, 0.05) is 38.6 Å². The average Bonchev–Trinajstić information content (AvgIpc) is 3.24. The molecule has 1 saturated heterocycles. The third kappa shape index (κ3) is 3.39. The van der Waals surface area contributed by atoms with Gasteiger partial charge >= 0.3 is 5.69 Å². The molecule has 0 spiro atoms. The van der Waals surface area contributed by atoms with E-state index in [4.69, 9.17) is 0 Å². The third-order valence-corrected chi connectivity index (χ3v) is 5.15. The lowest BCUT2D eigenvalue weighted by Crippen LogP contribution is -2.37. The lowest BCUT2D eigenvalue weighted by Gasteiger charge is -2.18. The molecular weight excluding hydrogens is 377 g/mol. The summed E-state index contributed by atoms with van der Waals surface area (Å²) >= 11 is 0. The molecular formula is C20H20FN5O3. The highest BCUT2D eigenvalue weighted by atomic mass is 19.1. The van der Waals surface area contributed by atoms with Crippen LogP contribution in [0.1, 0.15) is 23.3 Å². The fraction of sp³-hybridized carbons (Fsp3) is 0.300. The molecule has 4 rings (SSSR count). The van der Waals surface area contributed by atoms with Gasteiger partial charge in [0.05, 0.1) is 5.39 Å². The molecule has 1 aliphatic heterocycles. The first-order chi connectivity index (χ1) is 13.8. The predicted octanol–water partition coefficient (Wildman–Crippen LogP) is 1.62. The van der Waals surface area contributed by atoms with E-state index in [0.29, 0.717) is 5.69 Å². The highest BCUT2D eigenvalue weighted by Gasteiger charge is 2.17. The molecule has 0 unspecified atom stereocenters. The molecule has 1 N–H and O–H groups in total. The molecule has 1 aliphatic rings. The highest BCUT2D eigenvalue weighted by Crippen LogP contribution is 2.25. The number of amides is 1. The predicted molar refractivity (Wildman–Crippen MR) is 108 cm³/mol. The standard InChI is InChI=1S/C20H20FN5O3/c1-24-17-15(19(28)25(2)20(24)29)5-6-16(23-17)18(27)22-13-9-12(21)10-14(11-13)26-7-3-4-8-26/h5-6,9-11H,3-4,7-8H2,1-2H3,(H,22,27). The van der Waals surface area contributed by atoms with Crippen LogP contribution in [0.15, 0.2) is 39.9 Å². The van der Waals surface area contributed by atoms with Crippen molar-refractivity contribution in [3.05, 3.63) is 62.7 Å². The Labute approximate surface area is 165 Å². The number of pyridine rings is 1.